The van der Waals surface area contributed by atoms with Crippen molar-refractivity contribution >= 4 is 31.9 Å². The number of aryl methyl sites for hydroxylation is 2. The summed E-state index contributed by atoms with van der Waals surface area (Å²) in [5.41, 5.74) is 4.99. The second kappa shape index (κ2) is 6.95. The number of nitrogens with one attached hydrogen (secondary N) is 1. The first-order chi connectivity index (χ1) is 9.97. The maximum Gasteiger partial charge on any atom is 0.133 e. The van der Waals surface area contributed by atoms with E-state index < -0.39 is 0 Å². The van der Waals surface area contributed by atoms with Gasteiger partial charge in [-0.15, -0.1) is 0 Å². The lowest BCUT2D eigenvalue weighted by molar-refractivity contribution is 0.412. The van der Waals surface area contributed by atoms with Crippen molar-refractivity contribution in [3.8, 4) is 5.75 Å². The fourth-order valence-corrected chi connectivity index (χ4v) is 3.49. The predicted octanol–water partition coefficient (Wildman–Crippen LogP) is 5.15. The van der Waals surface area contributed by atoms with Gasteiger partial charge in [-0.1, -0.05) is 28.1 Å². The van der Waals surface area contributed by atoms with Crippen molar-refractivity contribution in [2.75, 3.05) is 14.2 Å². The van der Waals surface area contributed by atoms with Crippen LogP contribution >= 0.6 is 31.9 Å². The molecule has 0 saturated heterocycles. The van der Waals surface area contributed by atoms with Gasteiger partial charge >= 0.3 is 0 Å². The normalized spacial score (nSPS) is 12.3. The Hall–Kier alpha value is -0.840. The minimum absolute atomic E-state index is 0.152. The van der Waals surface area contributed by atoms with Crippen molar-refractivity contribution in [3.05, 3.63) is 61.5 Å². The highest BCUT2D eigenvalue weighted by Gasteiger charge is 2.16. The van der Waals surface area contributed by atoms with Crippen molar-refractivity contribution in [1.82, 2.24) is 5.32 Å². The number of hydrogen-bond donors (Lipinski definition) is 1. The highest BCUT2D eigenvalue weighted by molar-refractivity contribution is 9.10. The minimum atomic E-state index is 0.152. The molecule has 0 bridgehead atoms. The van der Waals surface area contributed by atoms with Crippen LogP contribution in [0, 0.1) is 13.8 Å². The second-order valence-electron chi connectivity index (χ2n) is 5.07. The summed E-state index contributed by atoms with van der Waals surface area (Å²) in [6, 6.07) is 10.8. The number of rotatable bonds is 4. The third-order valence-electron chi connectivity index (χ3n) is 3.66. The molecule has 1 N–H and O–H groups in total. The molecule has 0 aliphatic heterocycles. The van der Waals surface area contributed by atoms with Gasteiger partial charge in [0.2, 0.25) is 0 Å². The molecule has 2 nitrogen and oxygen atoms in total. The summed E-state index contributed by atoms with van der Waals surface area (Å²) in [6.45, 7) is 4.26. The van der Waals surface area contributed by atoms with Gasteiger partial charge in [0.05, 0.1) is 17.6 Å². The van der Waals surface area contributed by atoms with Gasteiger partial charge in [-0.05, 0) is 77.3 Å². The first-order valence-electron chi connectivity index (χ1n) is 6.75. The van der Waals surface area contributed by atoms with Crippen molar-refractivity contribution in [1.29, 1.82) is 0 Å². The van der Waals surface area contributed by atoms with Crippen LogP contribution in [0.3, 0.4) is 0 Å². The van der Waals surface area contributed by atoms with Crippen LogP contribution in [0.5, 0.6) is 5.75 Å². The molecule has 2 aromatic carbocycles. The van der Waals surface area contributed by atoms with Gasteiger partial charge in [0.15, 0.2) is 0 Å². The summed E-state index contributed by atoms with van der Waals surface area (Å²) >= 11 is 7.16. The van der Waals surface area contributed by atoms with Gasteiger partial charge in [-0.2, -0.15) is 0 Å². The van der Waals surface area contributed by atoms with Crippen LogP contribution < -0.4 is 10.1 Å². The van der Waals surface area contributed by atoms with Crippen LogP contribution in [0.15, 0.2) is 39.3 Å². The van der Waals surface area contributed by atoms with Crippen molar-refractivity contribution in [2.24, 2.45) is 0 Å². The fourth-order valence-electron chi connectivity index (χ4n) is 2.48. The SMILES string of the molecule is CNC(c1ccc(OC)c(Br)c1)c1cc(C)c(Br)cc1C. The Morgan fingerprint density at radius 1 is 1.00 bits per heavy atom. The Labute approximate surface area is 143 Å². The molecule has 2 aromatic rings. The predicted molar refractivity (Wildman–Crippen MR) is 95.2 cm³/mol. The molecule has 2 rings (SSSR count). The van der Waals surface area contributed by atoms with Gasteiger partial charge in [-0.25, -0.2) is 0 Å². The molecule has 0 spiro atoms. The lowest BCUT2D eigenvalue weighted by Gasteiger charge is -2.21. The summed E-state index contributed by atoms with van der Waals surface area (Å²) in [5, 5.41) is 3.41. The summed E-state index contributed by atoms with van der Waals surface area (Å²) in [6.07, 6.45) is 0. The van der Waals surface area contributed by atoms with E-state index in [0.717, 1.165) is 14.7 Å². The van der Waals surface area contributed by atoms with Crippen LogP contribution in [-0.4, -0.2) is 14.2 Å². The molecule has 112 valence electrons. The Morgan fingerprint density at radius 2 is 1.71 bits per heavy atom. The molecule has 0 heterocycles. The number of halogens is 2. The Kier molecular flexibility index (Phi) is 5.47. The van der Waals surface area contributed by atoms with E-state index in [9.17, 15) is 0 Å². The van der Waals surface area contributed by atoms with E-state index in [4.69, 9.17) is 4.74 Å². The lowest BCUT2D eigenvalue weighted by Crippen LogP contribution is -2.19. The molecule has 21 heavy (non-hydrogen) atoms. The average molecular weight is 413 g/mol. The topological polar surface area (TPSA) is 21.3 Å². The van der Waals surface area contributed by atoms with E-state index in [0.29, 0.717) is 0 Å². The Balaban J connectivity index is 2.49. The Morgan fingerprint density at radius 3 is 2.29 bits per heavy atom. The van der Waals surface area contributed by atoms with Crippen LogP contribution in [0.25, 0.3) is 0 Å². The minimum Gasteiger partial charge on any atom is -0.496 e. The van der Waals surface area contributed by atoms with Crippen LogP contribution in [-0.2, 0) is 0 Å². The Bertz CT molecular complexity index is 655. The highest BCUT2D eigenvalue weighted by atomic mass is 79.9. The largest absolute Gasteiger partial charge is 0.496 e. The lowest BCUT2D eigenvalue weighted by atomic mass is 9.93. The molecule has 0 aliphatic rings. The maximum atomic E-state index is 5.30. The maximum absolute atomic E-state index is 5.30. The molecule has 4 heteroatoms. The monoisotopic (exact) mass is 411 g/mol. The summed E-state index contributed by atoms with van der Waals surface area (Å²) < 4.78 is 7.42. The molecule has 0 amide bonds. The zero-order valence-corrected chi connectivity index (χ0v) is 15.8. The van der Waals surface area contributed by atoms with Crippen molar-refractivity contribution in [3.63, 3.8) is 0 Å². The van der Waals surface area contributed by atoms with Crippen LogP contribution in [0.2, 0.25) is 0 Å². The van der Waals surface area contributed by atoms with Crippen LogP contribution in [0.1, 0.15) is 28.3 Å². The molecule has 0 aromatic heterocycles. The first-order valence-corrected chi connectivity index (χ1v) is 8.34. The fraction of sp³-hybridized carbons (Fsp3) is 0.294. The third-order valence-corrected chi connectivity index (χ3v) is 5.13. The number of ether oxygens (including phenoxy) is 1. The molecular formula is C17H19Br2NO. The smallest absolute Gasteiger partial charge is 0.133 e. The first kappa shape index (κ1) is 16.5. The zero-order chi connectivity index (χ0) is 15.6. The standard InChI is InChI=1S/C17H19Br2NO/c1-10-8-14(18)11(2)7-13(10)17(20-3)12-5-6-16(21-4)15(19)9-12/h5-9,17,20H,1-4H3. The molecule has 0 radical (unpaired) electrons. The van der Waals surface area contributed by atoms with E-state index in [-0.39, 0.29) is 6.04 Å². The van der Waals surface area contributed by atoms with Gasteiger partial charge in [-0.3, -0.25) is 0 Å². The average Bonchev–Trinajstić information content (AvgIpc) is 2.45. The number of methoxy groups -OCH3 is 1. The quantitative estimate of drug-likeness (QED) is 0.749. The van der Waals surface area contributed by atoms with Crippen LogP contribution in [0.4, 0.5) is 0 Å². The summed E-state index contributed by atoms with van der Waals surface area (Å²) in [5.74, 6) is 0.845. The van der Waals surface area contributed by atoms with E-state index in [1.54, 1.807) is 7.11 Å². The number of benzene rings is 2. The third kappa shape index (κ3) is 3.50. The summed E-state index contributed by atoms with van der Waals surface area (Å²) in [4.78, 5) is 0. The van der Waals surface area contributed by atoms with Crippen molar-refractivity contribution in [2.45, 2.75) is 19.9 Å². The molecule has 0 aliphatic carbocycles. The van der Waals surface area contributed by atoms with Crippen molar-refractivity contribution < 1.29 is 4.74 Å². The molecule has 0 saturated carbocycles. The summed E-state index contributed by atoms with van der Waals surface area (Å²) in [7, 11) is 3.66. The molecule has 1 unspecified atom stereocenters. The van der Waals surface area contributed by atoms with E-state index in [2.05, 4.69) is 75.3 Å². The van der Waals surface area contributed by atoms with Gasteiger partial charge in [0.1, 0.15) is 5.75 Å². The zero-order valence-electron chi connectivity index (χ0n) is 12.6. The number of hydrogen-bond acceptors (Lipinski definition) is 2. The second-order valence-corrected chi connectivity index (χ2v) is 6.78. The van der Waals surface area contributed by atoms with Gasteiger partial charge < -0.3 is 10.1 Å². The van der Waals surface area contributed by atoms with Gasteiger partial charge in [0, 0.05) is 4.47 Å². The van der Waals surface area contributed by atoms with E-state index >= 15 is 0 Å². The van der Waals surface area contributed by atoms with E-state index in [1.807, 2.05) is 13.1 Å². The molecule has 0 fully saturated rings. The highest BCUT2D eigenvalue weighted by Crippen LogP contribution is 2.33. The van der Waals surface area contributed by atoms with Gasteiger partial charge in [0.25, 0.3) is 0 Å². The molecular weight excluding hydrogens is 394 g/mol. The van der Waals surface area contributed by atoms with E-state index in [1.165, 1.54) is 22.3 Å². The molecule has 1 atom stereocenters.